The predicted molar refractivity (Wildman–Crippen MR) is 99.0 cm³/mol. The minimum atomic E-state index is -4.68. The van der Waals surface area contributed by atoms with E-state index in [-0.39, 0.29) is 5.69 Å². The summed E-state index contributed by atoms with van der Waals surface area (Å²) in [6, 6.07) is 10.0. The van der Waals surface area contributed by atoms with Gasteiger partial charge in [-0.2, -0.15) is 18.3 Å². The van der Waals surface area contributed by atoms with Crippen molar-refractivity contribution in [1.29, 1.82) is 0 Å². The summed E-state index contributed by atoms with van der Waals surface area (Å²) in [5.41, 5.74) is 1.36. The van der Waals surface area contributed by atoms with Gasteiger partial charge in [-0.15, -0.1) is 11.8 Å². The molecule has 0 fully saturated rings. The van der Waals surface area contributed by atoms with Gasteiger partial charge in [0.25, 0.3) is 0 Å². The lowest BCUT2D eigenvalue weighted by Gasteiger charge is -2.11. The minimum absolute atomic E-state index is 0.219. The summed E-state index contributed by atoms with van der Waals surface area (Å²) in [5, 5.41) is 5.18. The quantitative estimate of drug-likeness (QED) is 0.341. The first-order valence-corrected chi connectivity index (χ1v) is 8.96. The first-order valence-electron chi connectivity index (χ1n) is 7.36. The zero-order valence-electron chi connectivity index (χ0n) is 13.8. The summed E-state index contributed by atoms with van der Waals surface area (Å²) >= 11 is 7.06. The van der Waals surface area contributed by atoms with Crippen molar-refractivity contribution in [3.8, 4) is 0 Å². The summed E-state index contributed by atoms with van der Waals surface area (Å²) < 4.78 is 38.4. The molecule has 0 bridgehead atoms. The fourth-order valence-corrected chi connectivity index (χ4v) is 2.55. The summed E-state index contributed by atoms with van der Waals surface area (Å²) in [5.74, 6) is -2.30. The molecule has 2 N–H and O–H groups in total. The van der Waals surface area contributed by atoms with Crippen molar-refractivity contribution in [3.63, 3.8) is 0 Å². The number of anilines is 1. The van der Waals surface area contributed by atoms with E-state index in [0.717, 1.165) is 17.0 Å². The fourth-order valence-electron chi connectivity index (χ4n) is 1.91. The molecule has 0 aliphatic heterocycles. The zero-order valence-corrected chi connectivity index (χ0v) is 15.4. The lowest BCUT2D eigenvalue weighted by molar-refractivity contribution is -0.137. The van der Waals surface area contributed by atoms with Gasteiger partial charge in [-0.25, -0.2) is 5.43 Å². The molecule has 2 amide bonds. The molecule has 0 heterocycles. The molecule has 2 aromatic rings. The zero-order chi connectivity index (χ0) is 20.0. The molecule has 0 atom stereocenters. The van der Waals surface area contributed by atoms with Gasteiger partial charge in [0, 0.05) is 10.6 Å². The van der Waals surface area contributed by atoms with Gasteiger partial charge in [0.05, 0.1) is 16.8 Å². The number of rotatable bonds is 4. The first kappa shape index (κ1) is 20.8. The van der Waals surface area contributed by atoms with Gasteiger partial charge in [-0.1, -0.05) is 23.7 Å². The fraction of sp³-hybridized carbons (Fsp3) is 0.118. The Morgan fingerprint density at radius 3 is 2.37 bits per heavy atom. The molecule has 0 saturated carbocycles. The van der Waals surface area contributed by atoms with Crippen LogP contribution in [0.25, 0.3) is 0 Å². The second-order valence-corrected chi connectivity index (χ2v) is 6.41. The van der Waals surface area contributed by atoms with Gasteiger partial charge < -0.3 is 5.32 Å². The summed E-state index contributed by atoms with van der Waals surface area (Å²) in [4.78, 5) is 24.5. The largest absolute Gasteiger partial charge is 0.417 e. The van der Waals surface area contributed by atoms with E-state index in [0.29, 0.717) is 11.6 Å². The van der Waals surface area contributed by atoms with Crippen molar-refractivity contribution in [3.05, 3.63) is 58.6 Å². The maximum atomic E-state index is 12.8. The van der Waals surface area contributed by atoms with E-state index < -0.39 is 28.6 Å². The van der Waals surface area contributed by atoms with E-state index in [4.69, 9.17) is 11.6 Å². The van der Waals surface area contributed by atoms with Crippen LogP contribution < -0.4 is 10.7 Å². The molecule has 2 aromatic carbocycles. The van der Waals surface area contributed by atoms with Crippen molar-refractivity contribution >= 4 is 47.1 Å². The summed E-state index contributed by atoms with van der Waals surface area (Å²) in [6.07, 6.45) is -1.42. The third kappa shape index (κ3) is 6.00. The van der Waals surface area contributed by atoms with Gasteiger partial charge in [0.2, 0.25) is 0 Å². The average molecular weight is 416 g/mol. The number of nitrogens with zero attached hydrogens (tertiary/aromatic N) is 1. The van der Waals surface area contributed by atoms with Gasteiger partial charge in [-0.05, 0) is 42.2 Å². The number of amides is 2. The monoisotopic (exact) mass is 415 g/mol. The van der Waals surface area contributed by atoms with Crippen LogP contribution in [-0.4, -0.2) is 24.3 Å². The van der Waals surface area contributed by atoms with Crippen LogP contribution in [0.2, 0.25) is 5.02 Å². The summed E-state index contributed by atoms with van der Waals surface area (Å²) in [7, 11) is 0. The molecule has 142 valence electrons. The third-order valence-electron chi connectivity index (χ3n) is 3.23. The highest BCUT2D eigenvalue weighted by Crippen LogP contribution is 2.36. The Hall–Kier alpha value is -2.52. The SMILES string of the molecule is CSc1ccc(/C=N\NC(=O)C(=O)Nc2ccc(Cl)c(C(F)(F)F)c2)cc1. The van der Waals surface area contributed by atoms with E-state index in [1.54, 1.807) is 23.9 Å². The molecule has 5 nitrogen and oxygen atoms in total. The van der Waals surface area contributed by atoms with E-state index in [9.17, 15) is 22.8 Å². The lowest BCUT2D eigenvalue weighted by Crippen LogP contribution is -2.32. The van der Waals surface area contributed by atoms with Crippen LogP contribution in [0.1, 0.15) is 11.1 Å². The Kier molecular flexibility index (Phi) is 6.86. The molecule has 0 saturated heterocycles. The number of thioether (sulfide) groups is 1. The molecule has 0 radical (unpaired) electrons. The van der Waals surface area contributed by atoms with Crippen LogP contribution >= 0.6 is 23.4 Å². The molecule has 2 rings (SSSR count). The number of alkyl halides is 3. The second kappa shape index (κ2) is 8.92. The van der Waals surface area contributed by atoms with E-state index >= 15 is 0 Å². The maximum Gasteiger partial charge on any atom is 0.417 e. The van der Waals surface area contributed by atoms with Crippen LogP contribution in [0.3, 0.4) is 0 Å². The molecule has 0 aliphatic rings. The average Bonchev–Trinajstić information content (AvgIpc) is 2.62. The standard InChI is InChI=1S/C17H13ClF3N3O2S/c1-27-12-5-2-10(3-6-12)9-22-24-16(26)15(25)23-11-4-7-14(18)13(8-11)17(19,20)21/h2-9H,1H3,(H,23,25)(H,24,26)/b22-9-. The molecule has 0 aromatic heterocycles. The van der Waals surface area contributed by atoms with Crippen molar-refractivity contribution in [2.45, 2.75) is 11.1 Å². The van der Waals surface area contributed by atoms with Crippen molar-refractivity contribution in [2.75, 3.05) is 11.6 Å². The molecule has 0 spiro atoms. The topological polar surface area (TPSA) is 70.6 Å². The van der Waals surface area contributed by atoms with Crippen molar-refractivity contribution in [1.82, 2.24) is 5.43 Å². The molecule has 10 heteroatoms. The predicted octanol–water partition coefficient (Wildman–Crippen LogP) is 4.17. The number of carbonyl (C=O) groups excluding carboxylic acids is 2. The molecular formula is C17H13ClF3N3O2S. The lowest BCUT2D eigenvalue weighted by atomic mass is 10.2. The number of hydrogen-bond donors (Lipinski definition) is 2. The number of benzene rings is 2. The van der Waals surface area contributed by atoms with Gasteiger partial charge in [-0.3, -0.25) is 9.59 Å². The number of nitrogens with one attached hydrogen (secondary N) is 2. The van der Waals surface area contributed by atoms with Crippen molar-refractivity contribution < 1.29 is 22.8 Å². The highest BCUT2D eigenvalue weighted by Gasteiger charge is 2.33. The maximum absolute atomic E-state index is 12.8. The Morgan fingerprint density at radius 1 is 1.11 bits per heavy atom. The number of carbonyl (C=O) groups is 2. The van der Waals surface area contributed by atoms with E-state index in [1.807, 2.05) is 23.8 Å². The van der Waals surface area contributed by atoms with Crippen LogP contribution in [-0.2, 0) is 15.8 Å². The number of hydrogen-bond acceptors (Lipinski definition) is 4. The molecule has 27 heavy (non-hydrogen) atoms. The normalized spacial score (nSPS) is 11.4. The third-order valence-corrected chi connectivity index (χ3v) is 4.30. The Balaban J connectivity index is 1.97. The van der Waals surface area contributed by atoms with Crippen LogP contribution in [0.5, 0.6) is 0 Å². The smallest absolute Gasteiger partial charge is 0.318 e. The van der Waals surface area contributed by atoms with Gasteiger partial charge in [0.1, 0.15) is 0 Å². The Labute approximate surface area is 162 Å². The highest BCUT2D eigenvalue weighted by molar-refractivity contribution is 7.98. The van der Waals surface area contributed by atoms with Crippen LogP contribution in [0, 0.1) is 0 Å². The van der Waals surface area contributed by atoms with E-state index in [1.165, 1.54) is 6.21 Å². The minimum Gasteiger partial charge on any atom is -0.318 e. The van der Waals surface area contributed by atoms with Gasteiger partial charge >= 0.3 is 18.0 Å². The molecule has 0 aliphatic carbocycles. The Bertz CT molecular complexity index is 871. The second-order valence-electron chi connectivity index (χ2n) is 5.12. The van der Waals surface area contributed by atoms with Crippen molar-refractivity contribution in [2.24, 2.45) is 5.10 Å². The number of hydrazone groups is 1. The highest BCUT2D eigenvalue weighted by atomic mass is 35.5. The van der Waals surface area contributed by atoms with Crippen LogP contribution in [0.15, 0.2) is 52.5 Å². The van der Waals surface area contributed by atoms with Gasteiger partial charge in [0.15, 0.2) is 0 Å². The first-order chi connectivity index (χ1) is 12.7. The molecular weight excluding hydrogens is 403 g/mol. The Morgan fingerprint density at radius 2 is 1.78 bits per heavy atom. The van der Waals surface area contributed by atoms with Crippen LogP contribution in [0.4, 0.5) is 18.9 Å². The summed E-state index contributed by atoms with van der Waals surface area (Å²) in [6.45, 7) is 0. The number of halogens is 4. The van der Waals surface area contributed by atoms with E-state index in [2.05, 4.69) is 10.4 Å². The molecule has 0 unspecified atom stereocenters.